The summed E-state index contributed by atoms with van der Waals surface area (Å²) < 4.78 is 10.8. The van der Waals surface area contributed by atoms with E-state index in [1.807, 2.05) is 12.1 Å². The fraction of sp³-hybridized carbons (Fsp3) is 0.235. The van der Waals surface area contributed by atoms with Crippen molar-refractivity contribution in [3.8, 4) is 11.5 Å². The lowest BCUT2D eigenvalue weighted by Crippen LogP contribution is -2.31. The highest BCUT2D eigenvalue weighted by Crippen LogP contribution is 2.19. The number of carbonyl (C=O) groups excluding carboxylic acids is 1. The minimum atomic E-state index is -0.0999. The number of benzene rings is 2. The summed E-state index contributed by atoms with van der Waals surface area (Å²) in [6, 6.07) is 14.3. The van der Waals surface area contributed by atoms with Crippen LogP contribution in [-0.4, -0.2) is 38.1 Å². The number of halogens is 1. The molecule has 2 rings (SSSR count). The number of para-hydroxylation sites is 1. The molecule has 4 nitrogen and oxygen atoms in total. The highest BCUT2D eigenvalue weighted by atomic mass is 35.5. The van der Waals surface area contributed by atoms with Gasteiger partial charge in [-0.05, 0) is 36.4 Å². The van der Waals surface area contributed by atoms with Crippen molar-refractivity contribution in [2.45, 2.75) is 0 Å². The molecule has 0 spiro atoms. The summed E-state index contributed by atoms with van der Waals surface area (Å²) in [6.07, 6.45) is 0. The molecular formula is C17H18ClNO3. The molecule has 0 aliphatic carbocycles. The Morgan fingerprint density at radius 3 is 2.50 bits per heavy atom. The molecule has 0 heterocycles. The Kier molecular flexibility index (Phi) is 5.67. The monoisotopic (exact) mass is 319 g/mol. The van der Waals surface area contributed by atoms with Gasteiger partial charge in [0.1, 0.15) is 18.1 Å². The maximum Gasteiger partial charge on any atom is 0.257 e. The molecule has 0 aromatic heterocycles. The van der Waals surface area contributed by atoms with E-state index < -0.39 is 0 Å². The zero-order chi connectivity index (χ0) is 15.9. The molecule has 0 bridgehead atoms. The van der Waals surface area contributed by atoms with E-state index >= 15 is 0 Å². The molecule has 0 saturated heterocycles. The predicted octanol–water partition coefficient (Wildman–Crippen LogP) is 3.50. The van der Waals surface area contributed by atoms with Gasteiger partial charge in [0, 0.05) is 12.1 Å². The topological polar surface area (TPSA) is 38.8 Å². The van der Waals surface area contributed by atoms with E-state index in [9.17, 15) is 4.79 Å². The van der Waals surface area contributed by atoms with Crippen LogP contribution >= 0.6 is 11.6 Å². The second kappa shape index (κ2) is 7.71. The summed E-state index contributed by atoms with van der Waals surface area (Å²) in [5.41, 5.74) is 0.541. The smallest absolute Gasteiger partial charge is 0.257 e. The van der Waals surface area contributed by atoms with Gasteiger partial charge in [-0.25, -0.2) is 0 Å². The summed E-state index contributed by atoms with van der Waals surface area (Å²) in [5, 5.41) is 0.663. The van der Waals surface area contributed by atoms with Crippen LogP contribution in [0.2, 0.25) is 5.02 Å². The average molecular weight is 320 g/mol. The van der Waals surface area contributed by atoms with E-state index in [1.165, 1.54) is 0 Å². The Labute approximate surface area is 135 Å². The molecule has 0 fully saturated rings. The third-order valence-electron chi connectivity index (χ3n) is 3.19. The zero-order valence-corrected chi connectivity index (χ0v) is 13.3. The van der Waals surface area contributed by atoms with Gasteiger partial charge in [0.15, 0.2) is 0 Å². The Morgan fingerprint density at radius 1 is 1.14 bits per heavy atom. The van der Waals surface area contributed by atoms with Gasteiger partial charge in [-0.1, -0.05) is 23.7 Å². The number of hydrogen-bond acceptors (Lipinski definition) is 3. The molecule has 0 saturated carbocycles. The molecule has 0 atom stereocenters. The van der Waals surface area contributed by atoms with Gasteiger partial charge in [-0.2, -0.15) is 0 Å². The molecule has 5 heteroatoms. The van der Waals surface area contributed by atoms with Gasteiger partial charge in [-0.3, -0.25) is 4.79 Å². The molecule has 116 valence electrons. The average Bonchev–Trinajstić information content (AvgIpc) is 2.55. The highest BCUT2D eigenvalue weighted by molar-refractivity contribution is 6.30. The second-order valence-electron chi connectivity index (χ2n) is 4.73. The first-order chi connectivity index (χ1) is 10.6. The molecular weight excluding hydrogens is 302 g/mol. The summed E-state index contributed by atoms with van der Waals surface area (Å²) in [6.45, 7) is 0.874. The number of carbonyl (C=O) groups is 1. The van der Waals surface area contributed by atoms with Crippen molar-refractivity contribution in [2.24, 2.45) is 0 Å². The lowest BCUT2D eigenvalue weighted by Gasteiger charge is -2.18. The minimum absolute atomic E-state index is 0.0999. The van der Waals surface area contributed by atoms with E-state index in [0.717, 1.165) is 5.75 Å². The molecule has 0 radical (unpaired) electrons. The first kappa shape index (κ1) is 16.2. The molecule has 0 aliphatic heterocycles. The zero-order valence-electron chi connectivity index (χ0n) is 12.6. The van der Waals surface area contributed by atoms with Gasteiger partial charge in [-0.15, -0.1) is 0 Å². The van der Waals surface area contributed by atoms with Crippen molar-refractivity contribution in [2.75, 3.05) is 27.3 Å². The maximum absolute atomic E-state index is 12.4. The third kappa shape index (κ3) is 4.15. The Hall–Kier alpha value is -2.20. The maximum atomic E-state index is 12.4. The van der Waals surface area contributed by atoms with Crippen LogP contribution in [0.15, 0.2) is 48.5 Å². The van der Waals surface area contributed by atoms with Crippen molar-refractivity contribution in [3.05, 3.63) is 59.1 Å². The number of amides is 1. The van der Waals surface area contributed by atoms with Gasteiger partial charge in [0.05, 0.1) is 19.2 Å². The number of likely N-dealkylation sites (N-methyl/N-ethyl adjacent to an activating group) is 1. The molecule has 0 aliphatic rings. The van der Waals surface area contributed by atoms with Gasteiger partial charge in [0.25, 0.3) is 5.91 Å². The fourth-order valence-corrected chi connectivity index (χ4v) is 2.09. The van der Waals surface area contributed by atoms with Crippen LogP contribution in [0.5, 0.6) is 11.5 Å². The second-order valence-corrected chi connectivity index (χ2v) is 5.17. The number of ether oxygens (including phenoxy) is 2. The quantitative estimate of drug-likeness (QED) is 0.818. The molecule has 1 amide bonds. The van der Waals surface area contributed by atoms with Crippen LogP contribution in [0.3, 0.4) is 0 Å². The number of methoxy groups -OCH3 is 1. The number of rotatable bonds is 6. The van der Waals surface area contributed by atoms with Gasteiger partial charge < -0.3 is 14.4 Å². The summed E-state index contributed by atoms with van der Waals surface area (Å²) in [4.78, 5) is 14.0. The fourth-order valence-electron chi connectivity index (χ4n) is 1.96. The van der Waals surface area contributed by atoms with Crippen molar-refractivity contribution in [1.29, 1.82) is 0 Å². The number of hydrogen-bond donors (Lipinski definition) is 0. The standard InChI is InChI=1S/C17H18ClNO3/c1-19(11-12-22-14-9-7-13(18)8-10-14)17(20)15-5-3-4-6-16(15)21-2/h3-10H,11-12H2,1-2H3. The van der Waals surface area contributed by atoms with E-state index in [4.69, 9.17) is 21.1 Å². The Bertz CT molecular complexity index is 628. The molecule has 22 heavy (non-hydrogen) atoms. The van der Waals surface area contributed by atoms with Crippen molar-refractivity contribution in [3.63, 3.8) is 0 Å². The van der Waals surface area contributed by atoms with E-state index in [2.05, 4.69) is 0 Å². The normalized spacial score (nSPS) is 10.1. The first-order valence-corrected chi connectivity index (χ1v) is 7.26. The lowest BCUT2D eigenvalue weighted by molar-refractivity contribution is 0.0770. The van der Waals surface area contributed by atoms with Crippen LogP contribution in [0.25, 0.3) is 0 Å². The Morgan fingerprint density at radius 2 is 1.82 bits per heavy atom. The summed E-state index contributed by atoms with van der Waals surface area (Å²) in [7, 11) is 3.29. The first-order valence-electron chi connectivity index (χ1n) is 6.88. The van der Waals surface area contributed by atoms with Gasteiger partial charge >= 0.3 is 0 Å². The SMILES string of the molecule is COc1ccccc1C(=O)N(C)CCOc1ccc(Cl)cc1. The van der Waals surface area contributed by atoms with E-state index in [0.29, 0.717) is 29.5 Å². The van der Waals surface area contributed by atoms with Crippen LogP contribution < -0.4 is 9.47 Å². The van der Waals surface area contributed by atoms with Crippen LogP contribution in [0.4, 0.5) is 0 Å². The van der Waals surface area contributed by atoms with E-state index in [1.54, 1.807) is 55.5 Å². The van der Waals surface area contributed by atoms with Crippen LogP contribution in [-0.2, 0) is 0 Å². The van der Waals surface area contributed by atoms with Gasteiger partial charge in [0.2, 0.25) is 0 Å². The molecule has 2 aromatic rings. The molecule has 0 N–H and O–H groups in total. The number of nitrogens with zero attached hydrogens (tertiary/aromatic N) is 1. The predicted molar refractivity (Wildman–Crippen MR) is 86.9 cm³/mol. The Balaban J connectivity index is 1.90. The third-order valence-corrected chi connectivity index (χ3v) is 3.45. The van der Waals surface area contributed by atoms with E-state index in [-0.39, 0.29) is 5.91 Å². The molecule has 0 unspecified atom stereocenters. The largest absolute Gasteiger partial charge is 0.496 e. The van der Waals surface area contributed by atoms with Crippen LogP contribution in [0.1, 0.15) is 10.4 Å². The van der Waals surface area contributed by atoms with Crippen molar-refractivity contribution >= 4 is 17.5 Å². The van der Waals surface area contributed by atoms with Crippen molar-refractivity contribution < 1.29 is 14.3 Å². The van der Waals surface area contributed by atoms with Crippen LogP contribution in [0, 0.1) is 0 Å². The highest BCUT2D eigenvalue weighted by Gasteiger charge is 2.15. The summed E-state index contributed by atoms with van der Waals surface area (Å²) in [5.74, 6) is 1.19. The molecule has 2 aromatic carbocycles. The summed E-state index contributed by atoms with van der Waals surface area (Å²) >= 11 is 5.81. The van der Waals surface area contributed by atoms with Crippen molar-refractivity contribution in [1.82, 2.24) is 4.90 Å². The lowest BCUT2D eigenvalue weighted by atomic mass is 10.2. The minimum Gasteiger partial charge on any atom is -0.496 e.